The van der Waals surface area contributed by atoms with Gasteiger partial charge in [0.1, 0.15) is 0 Å². The Morgan fingerprint density at radius 2 is 2.00 bits per heavy atom. The SMILES string of the molecule is CCCNC(Cc1ccccc1C)C1CCCCC1(C)C. The molecule has 1 heteroatoms. The van der Waals surface area contributed by atoms with E-state index in [0.29, 0.717) is 11.5 Å². The number of nitrogens with one attached hydrogen (secondary N) is 1. The van der Waals surface area contributed by atoms with Crippen LogP contribution in [0.3, 0.4) is 0 Å². The van der Waals surface area contributed by atoms with E-state index in [4.69, 9.17) is 0 Å². The van der Waals surface area contributed by atoms with Crippen molar-refractivity contribution in [2.45, 2.75) is 72.3 Å². The Kier molecular flexibility index (Phi) is 5.87. The van der Waals surface area contributed by atoms with Gasteiger partial charge >= 0.3 is 0 Å². The zero-order chi connectivity index (χ0) is 15.3. The van der Waals surface area contributed by atoms with Gasteiger partial charge < -0.3 is 5.32 Å². The molecule has 118 valence electrons. The van der Waals surface area contributed by atoms with E-state index in [1.807, 2.05) is 0 Å². The molecule has 0 aliphatic heterocycles. The molecule has 0 amide bonds. The third-order valence-corrected chi connectivity index (χ3v) is 5.43. The summed E-state index contributed by atoms with van der Waals surface area (Å²) in [6.45, 7) is 10.6. The van der Waals surface area contributed by atoms with Gasteiger partial charge in [0.2, 0.25) is 0 Å². The van der Waals surface area contributed by atoms with Crippen molar-refractivity contribution in [3.63, 3.8) is 0 Å². The van der Waals surface area contributed by atoms with E-state index in [1.54, 1.807) is 0 Å². The molecule has 21 heavy (non-hydrogen) atoms. The van der Waals surface area contributed by atoms with Crippen LogP contribution in [0.4, 0.5) is 0 Å². The van der Waals surface area contributed by atoms with Gasteiger partial charge in [0.15, 0.2) is 0 Å². The molecule has 1 aliphatic rings. The molecule has 1 aliphatic carbocycles. The Morgan fingerprint density at radius 1 is 1.24 bits per heavy atom. The summed E-state index contributed by atoms with van der Waals surface area (Å²) in [5, 5.41) is 3.87. The molecule has 2 unspecified atom stereocenters. The van der Waals surface area contributed by atoms with Crippen LogP contribution < -0.4 is 5.32 Å². The number of benzene rings is 1. The predicted molar refractivity (Wildman–Crippen MR) is 92.7 cm³/mol. The Bertz CT molecular complexity index is 435. The molecule has 0 bridgehead atoms. The van der Waals surface area contributed by atoms with Gasteiger partial charge in [-0.3, -0.25) is 0 Å². The van der Waals surface area contributed by atoms with Crippen molar-refractivity contribution in [2.24, 2.45) is 11.3 Å². The van der Waals surface area contributed by atoms with Crippen molar-refractivity contribution >= 4 is 0 Å². The summed E-state index contributed by atoms with van der Waals surface area (Å²) in [5.41, 5.74) is 3.44. The van der Waals surface area contributed by atoms with E-state index < -0.39 is 0 Å². The van der Waals surface area contributed by atoms with Crippen molar-refractivity contribution in [1.82, 2.24) is 5.32 Å². The fraction of sp³-hybridized carbons (Fsp3) is 0.700. The lowest BCUT2D eigenvalue weighted by Gasteiger charge is -2.44. The summed E-state index contributed by atoms with van der Waals surface area (Å²) in [6.07, 6.45) is 7.99. The molecule has 0 radical (unpaired) electrons. The Labute approximate surface area is 131 Å². The minimum absolute atomic E-state index is 0.479. The Hall–Kier alpha value is -0.820. The molecule has 0 heterocycles. The van der Waals surface area contributed by atoms with Crippen molar-refractivity contribution in [3.05, 3.63) is 35.4 Å². The highest BCUT2D eigenvalue weighted by Crippen LogP contribution is 2.43. The van der Waals surface area contributed by atoms with Gasteiger partial charge in [-0.25, -0.2) is 0 Å². The van der Waals surface area contributed by atoms with Crippen LogP contribution in [0.1, 0.15) is 64.0 Å². The zero-order valence-corrected chi connectivity index (χ0v) is 14.4. The van der Waals surface area contributed by atoms with Gasteiger partial charge in [-0.2, -0.15) is 0 Å². The lowest BCUT2D eigenvalue weighted by Crippen LogP contribution is -2.46. The van der Waals surface area contributed by atoms with Crippen LogP contribution in [0.2, 0.25) is 0 Å². The standard InChI is InChI=1S/C20H33N/c1-5-14-21-19(15-17-11-7-6-10-16(17)2)18-12-8-9-13-20(18,3)4/h6-7,10-11,18-19,21H,5,8-9,12-15H2,1-4H3. The van der Waals surface area contributed by atoms with Gasteiger partial charge in [0.05, 0.1) is 0 Å². The highest BCUT2D eigenvalue weighted by atomic mass is 14.9. The van der Waals surface area contributed by atoms with E-state index in [2.05, 4.69) is 57.3 Å². The Morgan fingerprint density at radius 3 is 2.67 bits per heavy atom. The minimum Gasteiger partial charge on any atom is -0.313 e. The number of aryl methyl sites for hydroxylation is 1. The molecule has 0 aromatic heterocycles. The second-order valence-electron chi connectivity index (χ2n) is 7.53. The molecule has 1 aromatic rings. The summed E-state index contributed by atoms with van der Waals surface area (Å²) >= 11 is 0. The topological polar surface area (TPSA) is 12.0 Å². The minimum atomic E-state index is 0.479. The maximum Gasteiger partial charge on any atom is 0.0141 e. The largest absolute Gasteiger partial charge is 0.313 e. The van der Waals surface area contributed by atoms with E-state index in [-0.39, 0.29) is 0 Å². The van der Waals surface area contributed by atoms with Crippen LogP contribution in [0.15, 0.2) is 24.3 Å². The lowest BCUT2D eigenvalue weighted by atomic mass is 9.65. The quantitative estimate of drug-likeness (QED) is 0.765. The van der Waals surface area contributed by atoms with Crippen molar-refractivity contribution in [1.29, 1.82) is 0 Å². The van der Waals surface area contributed by atoms with Crippen molar-refractivity contribution in [3.8, 4) is 0 Å². The van der Waals surface area contributed by atoms with Crippen molar-refractivity contribution < 1.29 is 0 Å². The summed E-state index contributed by atoms with van der Waals surface area (Å²) in [4.78, 5) is 0. The maximum absolute atomic E-state index is 3.87. The lowest BCUT2D eigenvalue weighted by molar-refractivity contribution is 0.0980. The third-order valence-electron chi connectivity index (χ3n) is 5.43. The first-order valence-electron chi connectivity index (χ1n) is 8.82. The summed E-state index contributed by atoms with van der Waals surface area (Å²) in [5.74, 6) is 0.803. The normalized spacial score (nSPS) is 23.0. The molecule has 1 N–H and O–H groups in total. The number of hydrogen-bond donors (Lipinski definition) is 1. The van der Waals surface area contributed by atoms with Crippen LogP contribution in [-0.4, -0.2) is 12.6 Å². The predicted octanol–water partition coefficient (Wildman–Crippen LogP) is 5.12. The fourth-order valence-electron chi connectivity index (χ4n) is 4.03. The maximum atomic E-state index is 3.87. The molecule has 0 spiro atoms. The number of rotatable bonds is 6. The molecule has 1 saturated carbocycles. The van der Waals surface area contributed by atoms with E-state index in [9.17, 15) is 0 Å². The van der Waals surface area contributed by atoms with Crippen molar-refractivity contribution in [2.75, 3.05) is 6.54 Å². The molecule has 2 rings (SSSR count). The monoisotopic (exact) mass is 287 g/mol. The fourth-order valence-corrected chi connectivity index (χ4v) is 4.03. The molecule has 2 atom stereocenters. The van der Waals surface area contributed by atoms with Crippen LogP contribution in [0.25, 0.3) is 0 Å². The zero-order valence-electron chi connectivity index (χ0n) is 14.4. The second-order valence-corrected chi connectivity index (χ2v) is 7.53. The van der Waals surface area contributed by atoms with Gasteiger partial charge in [-0.15, -0.1) is 0 Å². The Balaban J connectivity index is 2.15. The number of hydrogen-bond acceptors (Lipinski definition) is 1. The highest BCUT2D eigenvalue weighted by molar-refractivity contribution is 5.26. The van der Waals surface area contributed by atoms with Crippen LogP contribution in [0.5, 0.6) is 0 Å². The van der Waals surface area contributed by atoms with E-state index >= 15 is 0 Å². The third kappa shape index (κ3) is 4.32. The van der Waals surface area contributed by atoms with Crippen LogP contribution in [-0.2, 0) is 6.42 Å². The molecular weight excluding hydrogens is 254 g/mol. The average Bonchev–Trinajstić information content (AvgIpc) is 2.45. The van der Waals surface area contributed by atoms with E-state index in [0.717, 1.165) is 12.5 Å². The first-order chi connectivity index (χ1) is 10.0. The summed E-state index contributed by atoms with van der Waals surface area (Å²) < 4.78 is 0. The molecule has 0 saturated heterocycles. The van der Waals surface area contributed by atoms with Gasteiger partial charge in [-0.05, 0) is 61.6 Å². The van der Waals surface area contributed by atoms with Crippen LogP contribution >= 0.6 is 0 Å². The molecule has 1 nitrogen and oxygen atoms in total. The van der Waals surface area contributed by atoms with E-state index in [1.165, 1.54) is 49.7 Å². The second kappa shape index (κ2) is 7.45. The summed E-state index contributed by atoms with van der Waals surface area (Å²) in [7, 11) is 0. The molecular formula is C20H33N. The smallest absolute Gasteiger partial charge is 0.0141 e. The van der Waals surface area contributed by atoms with Gasteiger partial charge in [0.25, 0.3) is 0 Å². The highest BCUT2D eigenvalue weighted by Gasteiger charge is 2.37. The molecule has 1 aromatic carbocycles. The van der Waals surface area contributed by atoms with Gasteiger partial charge in [-0.1, -0.05) is 57.9 Å². The first kappa shape index (κ1) is 16.5. The van der Waals surface area contributed by atoms with Gasteiger partial charge in [0, 0.05) is 6.04 Å². The molecule has 1 fully saturated rings. The van der Waals surface area contributed by atoms with Crippen LogP contribution in [0, 0.1) is 18.3 Å². The first-order valence-corrected chi connectivity index (χ1v) is 8.82. The summed E-state index contributed by atoms with van der Waals surface area (Å²) in [6, 6.07) is 9.52. The average molecular weight is 287 g/mol.